The molecule has 0 aliphatic heterocycles. The number of nitriles is 1. The molecule has 9 heteroatoms. The van der Waals surface area contributed by atoms with Crippen LogP contribution in [0.15, 0.2) is 91.3 Å². The Bertz CT molecular complexity index is 1670. The molecule has 0 saturated heterocycles. The molecule has 5 rings (SSSR count). The summed E-state index contributed by atoms with van der Waals surface area (Å²) in [6, 6.07) is 27.1. The Morgan fingerprint density at radius 2 is 1.68 bits per heavy atom. The highest BCUT2D eigenvalue weighted by Gasteiger charge is 2.18. The van der Waals surface area contributed by atoms with Crippen LogP contribution in [0, 0.1) is 25.2 Å². The molecule has 0 radical (unpaired) electrons. The van der Waals surface area contributed by atoms with Crippen molar-refractivity contribution in [2.75, 3.05) is 29.1 Å². The fourth-order valence-corrected chi connectivity index (χ4v) is 4.25. The van der Waals surface area contributed by atoms with Gasteiger partial charge in [-0.15, -0.1) is 0 Å². The molecule has 0 saturated carbocycles. The third-order valence-corrected chi connectivity index (χ3v) is 6.31. The highest BCUT2D eigenvalue weighted by Crippen LogP contribution is 2.33. The highest BCUT2D eigenvalue weighted by atomic mass is 16.5. The van der Waals surface area contributed by atoms with Gasteiger partial charge in [-0.25, -0.2) is 9.31 Å². The number of fused-ring (bicyclic) bond motifs is 1. The van der Waals surface area contributed by atoms with Gasteiger partial charge in [-0.3, -0.25) is 5.32 Å². The van der Waals surface area contributed by atoms with Gasteiger partial charge >= 0.3 is 6.09 Å². The van der Waals surface area contributed by atoms with Crippen LogP contribution >= 0.6 is 0 Å². The molecule has 40 heavy (non-hydrogen) atoms. The summed E-state index contributed by atoms with van der Waals surface area (Å²) in [6.07, 6.45) is 2.61. The molecule has 2 aromatic heterocycles. The van der Waals surface area contributed by atoms with Gasteiger partial charge in [0.1, 0.15) is 24.2 Å². The van der Waals surface area contributed by atoms with E-state index in [2.05, 4.69) is 27.1 Å². The van der Waals surface area contributed by atoms with E-state index in [4.69, 9.17) is 9.47 Å². The Hall–Kier alpha value is -5.49. The summed E-state index contributed by atoms with van der Waals surface area (Å²) in [5.41, 5.74) is 5.78. The van der Waals surface area contributed by atoms with Crippen molar-refractivity contribution in [3.05, 3.63) is 108 Å². The van der Waals surface area contributed by atoms with Crippen LogP contribution in [0.1, 0.15) is 16.7 Å². The van der Waals surface area contributed by atoms with Crippen molar-refractivity contribution in [1.82, 2.24) is 9.61 Å². The molecule has 200 valence electrons. The van der Waals surface area contributed by atoms with Crippen molar-refractivity contribution in [2.24, 2.45) is 0 Å². The number of anilines is 4. The van der Waals surface area contributed by atoms with E-state index in [1.807, 2.05) is 92.7 Å². The lowest BCUT2D eigenvalue weighted by atomic mass is 10.1. The number of nitrogens with one attached hydrogen (secondary N) is 3. The minimum atomic E-state index is -0.574. The predicted octanol–water partition coefficient (Wildman–Crippen LogP) is 7.02. The minimum absolute atomic E-state index is 0.195. The zero-order valence-corrected chi connectivity index (χ0v) is 22.1. The molecule has 0 unspecified atom stereocenters. The molecular formula is C31H28N6O3. The standard InChI is InChI=1S/C31H28N6O3/c1-21-8-6-7-11-27(21)33-16-17-39-31(38)36-28-20-37-30(22(28)2)29(23(18-32)19-34-37)35-24-12-14-26(15-13-24)40-25-9-4-3-5-10-25/h3-15,19-20,33,35H,16-17H2,1-2H3,(H,36,38). The lowest BCUT2D eigenvalue weighted by Crippen LogP contribution is -2.18. The number of aromatic nitrogens is 2. The van der Waals surface area contributed by atoms with Gasteiger partial charge in [-0.05, 0) is 61.9 Å². The van der Waals surface area contributed by atoms with Crippen LogP contribution in [-0.2, 0) is 4.74 Å². The molecule has 9 nitrogen and oxygen atoms in total. The number of rotatable bonds is 9. The maximum Gasteiger partial charge on any atom is 0.411 e. The Kier molecular flexibility index (Phi) is 7.79. The van der Waals surface area contributed by atoms with Gasteiger partial charge in [0.05, 0.1) is 34.8 Å². The SMILES string of the molecule is Cc1ccccc1NCCOC(=O)Nc1cn2ncc(C#N)c(Nc3ccc(Oc4ccccc4)cc3)c2c1C. The van der Waals surface area contributed by atoms with E-state index >= 15 is 0 Å². The summed E-state index contributed by atoms with van der Waals surface area (Å²) < 4.78 is 12.9. The Balaban J connectivity index is 1.27. The van der Waals surface area contributed by atoms with Gasteiger partial charge in [0.2, 0.25) is 0 Å². The number of nitrogens with zero attached hydrogens (tertiary/aromatic N) is 3. The number of ether oxygens (including phenoxy) is 2. The van der Waals surface area contributed by atoms with Gasteiger partial charge in [-0.2, -0.15) is 10.4 Å². The number of carbonyl (C=O) groups is 1. The Morgan fingerprint density at radius 1 is 0.950 bits per heavy atom. The second-order valence-corrected chi connectivity index (χ2v) is 9.07. The maximum atomic E-state index is 12.5. The lowest BCUT2D eigenvalue weighted by Gasteiger charge is -2.12. The highest BCUT2D eigenvalue weighted by molar-refractivity contribution is 5.92. The van der Waals surface area contributed by atoms with Crippen LogP contribution in [-0.4, -0.2) is 28.9 Å². The van der Waals surface area contributed by atoms with Crippen LogP contribution < -0.4 is 20.7 Å². The number of hydrogen-bond donors (Lipinski definition) is 3. The summed E-state index contributed by atoms with van der Waals surface area (Å²) in [6.45, 7) is 4.54. The molecule has 0 aliphatic carbocycles. The van der Waals surface area contributed by atoms with E-state index in [0.29, 0.717) is 34.7 Å². The quantitative estimate of drug-likeness (QED) is 0.175. The van der Waals surface area contributed by atoms with Crippen LogP contribution in [0.25, 0.3) is 5.52 Å². The molecule has 1 amide bonds. The van der Waals surface area contributed by atoms with Crippen molar-refractivity contribution in [3.8, 4) is 17.6 Å². The molecule has 5 aromatic rings. The van der Waals surface area contributed by atoms with Crippen molar-refractivity contribution in [2.45, 2.75) is 13.8 Å². The number of para-hydroxylation sites is 2. The minimum Gasteiger partial charge on any atom is -0.457 e. The van der Waals surface area contributed by atoms with Gasteiger partial charge in [0.15, 0.2) is 0 Å². The number of benzene rings is 3. The van der Waals surface area contributed by atoms with Crippen LogP contribution in [0.5, 0.6) is 11.5 Å². The van der Waals surface area contributed by atoms with Gasteiger partial charge in [0, 0.05) is 23.5 Å². The van der Waals surface area contributed by atoms with Crippen molar-refractivity contribution in [1.29, 1.82) is 5.26 Å². The topological polar surface area (TPSA) is 113 Å². The number of hydrogen-bond acceptors (Lipinski definition) is 7. The third kappa shape index (κ3) is 5.97. The monoisotopic (exact) mass is 532 g/mol. The molecule has 0 fully saturated rings. The first-order chi connectivity index (χ1) is 19.5. The predicted molar refractivity (Wildman–Crippen MR) is 156 cm³/mol. The Morgan fingerprint density at radius 3 is 2.42 bits per heavy atom. The molecule has 0 aliphatic rings. The molecule has 0 bridgehead atoms. The molecule has 3 aromatic carbocycles. The molecule has 2 heterocycles. The van der Waals surface area contributed by atoms with Crippen molar-refractivity contribution in [3.63, 3.8) is 0 Å². The van der Waals surface area contributed by atoms with Gasteiger partial charge < -0.3 is 20.1 Å². The van der Waals surface area contributed by atoms with Crippen LogP contribution in [0.4, 0.5) is 27.5 Å². The summed E-state index contributed by atoms with van der Waals surface area (Å²) in [5.74, 6) is 1.44. The number of amides is 1. The average Bonchev–Trinajstić information content (AvgIpc) is 3.28. The first kappa shape index (κ1) is 26.1. The second kappa shape index (κ2) is 11.9. The second-order valence-electron chi connectivity index (χ2n) is 9.07. The zero-order chi connectivity index (χ0) is 27.9. The van der Waals surface area contributed by atoms with Crippen molar-refractivity contribution >= 4 is 34.4 Å². The third-order valence-electron chi connectivity index (χ3n) is 6.31. The normalized spacial score (nSPS) is 10.5. The van der Waals surface area contributed by atoms with E-state index in [-0.39, 0.29) is 6.61 Å². The van der Waals surface area contributed by atoms with Gasteiger partial charge in [0.25, 0.3) is 0 Å². The smallest absolute Gasteiger partial charge is 0.411 e. The first-order valence-corrected chi connectivity index (χ1v) is 12.8. The van der Waals surface area contributed by atoms with E-state index < -0.39 is 6.09 Å². The summed E-state index contributed by atoms with van der Waals surface area (Å²) >= 11 is 0. The fraction of sp³-hybridized carbons (Fsp3) is 0.129. The maximum absolute atomic E-state index is 12.5. The van der Waals surface area contributed by atoms with Crippen LogP contribution in [0.2, 0.25) is 0 Å². The number of carbonyl (C=O) groups excluding carboxylic acids is 1. The molecule has 0 spiro atoms. The summed E-state index contributed by atoms with van der Waals surface area (Å²) in [7, 11) is 0. The summed E-state index contributed by atoms with van der Waals surface area (Å²) in [5, 5.41) is 23.5. The van der Waals surface area contributed by atoms with Crippen LogP contribution in [0.3, 0.4) is 0 Å². The largest absolute Gasteiger partial charge is 0.457 e. The first-order valence-electron chi connectivity index (χ1n) is 12.8. The van der Waals surface area contributed by atoms with E-state index in [1.165, 1.54) is 6.20 Å². The Labute approximate surface area is 232 Å². The molecular weight excluding hydrogens is 504 g/mol. The van der Waals surface area contributed by atoms with E-state index in [9.17, 15) is 10.1 Å². The van der Waals surface area contributed by atoms with E-state index in [0.717, 1.165) is 28.3 Å². The van der Waals surface area contributed by atoms with E-state index in [1.54, 1.807) is 10.7 Å². The molecule has 3 N–H and O–H groups in total. The van der Waals surface area contributed by atoms with Crippen molar-refractivity contribution < 1.29 is 14.3 Å². The molecule has 0 atom stereocenters. The number of aryl methyl sites for hydroxylation is 2. The fourth-order valence-electron chi connectivity index (χ4n) is 4.25. The zero-order valence-electron chi connectivity index (χ0n) is 22.1. The van der Waals surface area contributed by atoms with Gasteiger partial charge in [-0.1, -0.05) is 36.4 Å². The lowest BCUT2D eigenvalue weighted by molar-refractivity contribution is 0.166. The average molecular weight is 533 g/mol. The summed E-state index contributed by atoms with van der Waals surface area (Å²) in [4.78, 5) is 12.5.